The van der Waals surface area contributed by atoms with Gasteiger partial charge in [-0.2, -0.15) is 0 Å². The van der Waals surface area contributed by atoms with Gasteiger partial charge in [-0.25, -0.2) is 15.0 Å². The fourth-order valence-electron chi connectivity index (χ4n) is 6.76. The summed E-state index contributed by atoms with van der Waals surface area (Å²) in [4.78, 5) is 114. The predicted octanol–water partition coefficient (Wildman–Crippen LogP) is 1.33. The van der Waals surface area contributed by atoms with Crippen molar-refractivity contribution in [3.63, 3.8) is 0 Å². The second-order valence-electron chi connectivity index (χ2n) is 15.9. The number of carbonyl (C=O) groups excluding carboxylic acids is 8. The summed E-state index contributed by atoms with van der Waals surface area (Å²) in [6.45, 7) is 1.33. The van der Waals surface area contributed by atoms with E-state index >= 15 is 0 Å². The number of nitrogens with zero attached hydrogens (tertiary/aromatic N) is 8. The standard InChI is InChI=1S/C43H59N17O8/c1-56-20-19-46-37(56)42(67)50-28-22-32(58(3)24-28)55-35(63)12-11-34(62)51-30-26-60(5)39(54-30)43(68)49-27-21-29(57(2)23-27)40(65)47-18-14-36(64)52-31-25-59(4)38(53-31)41(66)48-17-13-33(61)45-16-10-8-6-7-9-15-44/h19-26H,6-18,44H2,1-5H3,(H,45,61)(H,47,65)(H,48,66)(H,49,68)(H,50,67)(H,51,62)(H,52,64)(H,55,63). The van der Waals surface area contributed by atoms with E-state index in [0.29, 0.717) is 24.6 Å². The third kappa shape index (κ3) is 15.0. The first-order valence-electron chi connectivity index (χ1n) is 21.9. The molecule has 5 heterocycles. The number of nitrogens with two attached hydrogens (primary N) is 1. The molecule has 0 aliphatic carbocycles. The molecule has 10 N–H and O–H groups in total. The van der Waals surface area contributed by atoms with E-state index in [1.165, 1.54) is 44.6 Å². The third-order valence-electron chi connectivity index (χ3n) is 10.3. The van der Waals surface area contributed by atoms with Gasteiger partial charge in [-0.1, -0.05) is 19.3 Å². The van der Waals surface area contributed by atoms with Crippen molar-refractivity contribution in [1.29, 1.82) is 0 Å². The largest absolute Gasteiger partial charge is 0.356 e. The van der Waals surface area contributed by atoms with E-state index in [1.54, 1.807) is 62.8 Å². The minimum Gasteiger partial charge on any atom is -0.356 e. The van der Waals surface area contributed by atoms with Gasteiger partial charge in [0.05, 0.1) is 11.4 Å². The molecular weight excluding hydrogens is 883 g/mol. The number of imidazole rings is 3. The first-order chi connectivity index (χ1) is 32.5. The van der Waals surface area contributed by atoms with Crippen LogP contribution in [0.3, 0.4) is 0 Å². The van der Waals surface area contributed by atoms with Gasteiger partial charge in [-0.15, -0.1) is 0 Å². The lowest BCUT2D eigenvalue weighted by Gasteiger charge is -2.07. The van der Waals surface area contributed by atoms with E-state index in [0.717, 1.165) is 32.1 Å². The molecule has 0 atom stereocenters. The normalized spacial score (nSPS) is 10.9. The minimum absolute atomic E-state index is 0.0370. The quantitative estimate of drug-likeness (QED) is 0.0375. The summed E-state index contributed by atoms with van der Waals surface area (Å²) in [6, 6.07) is 3.02. The maximum Gasteiger partial charge on any atom is 0.291 e. The monoisotopic (exact) mass is 941 g/mol. The Morgan fingerprint density at radius 3 is 1.65 bits per heavy atom. The molecule has 68 heavy (non-hydrogen) atoms. The highest BCUT2D eigenvalue weighted by molar-refractivity contribution is 6.04. The van der Waals surface area contributed by atoms with Crippen LogP contribution >= 0.6 is 0 Å². The van der Waals surface area contributed by atoms with E-state index < -0.39 is 41.4 Å². The lowest BCUT2D eigenvalue weighted by atomic mass is 10.1. The number of anilines is 5. The fourth-order valence-corrected chi connectivity index (χ4v) is 6.76. The number of amides is 8. The molecule has 0 spiro atoms. The lowest BCUT2D eigenvalue weighted by Crippen LogP contribution is -2.32. The Morgan fingerprint density at radius 2 is 1.01 bits per heavy atom. The molecule has 0 saturated heterocycles. The topological polar surface area (TPSA) is 322 Å². The molecule has 364 valence electrons. The van der Waals surface area contributed by atoms with Crippen LogP contribution in [0.15, 0.2) is 49.3 Å². The molecular formula is C43H59N17O8. The number of nitrogens with one attached hydrogen (secondary N) is 8. The number of hydrogen-bond acceptors (Lipinski definition) is 12. The van der Waals surface area contributed by atoms with E-state index in [9.17, 15) is 38.4 Å². The molecule has 5 aromatic rings. The van der Waals surface area contributed by atoms with Gasteiger partial charge in [0.25, 0.3) is 23.6 Å². The molecule has 5 aromatic heterocycles. The van der Waals surface area contributed by atoms with Crippen molar-refractivity contribution in [2.75, 3.05) is 52.8 Å². The molecule has 25 nitrogen and oxygen atoms in total. The van der Waals surface area contributed by atoms with Gasteiger partial charge < -0.3 is 71.1 Å². The van der Waals surface area contributed by atoms with Crippen LogP contribution in [0.1, 0.15) is 100 Å². The van der Waals surface area contributed by atoms with Crippen molar-refractivity contribution >= 4 is 76.1 Å². The zero-order valence-corrected chi connectivity index (χ0v) is 38.7. The summed E-state index contributed by atoms with van der Waals surface area (Å²) < 4.78 is 7.52. The summed E-state index contributed by atoms with van der Waals surface area (Å²) in [7, 11) is 8.13. The Bertz CT molecular complexity index is 2610. The smallest absolute Gasteiger partial charge is 0.291 e. The SMILES string of the molecule is Cn1cc(NC(=O)c2nccn2C)cc1NC(=O)CCC(=O)Nc1cn(C)c(C(=O)Nc2cc(C(=O)NCCC(=O)Nc3cn(C)c(C(=O)NCCC(=O)NCCCCCCCN)n3)n(C)c2)n1. The van der Waals surface area contributed by atoms with Gasteiger partial charge in [-0.05, 0) is 25.5 Å². The summed E-state index contributed by atoms with van der Waals surface area (Å²) in [5.74, 6) is -2.87. The number of hydrogen-bond donors (Lipinski definition) is 9. The highest BCUT2D eigenvalue weighted by Crippen LogP contribution is 2.19. The van der Waals surface area contributed by atoms with Crippen LogP contribution < -0.4 is 48.3 Å². The fraction of sp³-hybridized carbons (Fsp3) is 0.419. The first-order valence-corrected chi connectivity index (χ1v) is 21.9. The Hall–Kier alpha value is -8.09. The highest BCUT2D eigenvalue weighted by atomic mass is 16.2. The maximum absolute atomic E-state index is 13.2. The van der Waals surface area contributed by atoms with Gasteiger partial charge in [0.2, 0.25) is 35.3 Å². The Labute approximate surface area is 391 Å². The number of carbonyl (C=O) groups is 8. The first kappa shape index (κ1) is 50.9. The summed E-state index contributed by atoms with van der Waals surface area (Å²) in [6.07, 6.45) is 13.9. The Balaban J connectivity index is 0.995. The van der Waals surface area contributed by atoms with Crippen LogP contribution in [0, 0.1) is 0 Å². The van der Waals surface area contributed by atoms with E-state index in [-0.39, 0.29) is 85.2 Å². The molecule has 0 fully saturated rings. The lowest BCUT2D eigenvalue weighted by molar-refractivity contribution is -0.121. The maximum atomic E-state index is 13.2. The molecule has 8 amide bonds. The van der Waals surface area contributed by atoms with Crippen molar-refractivity contribution in [2.24, 2.45) is 41.0 Å². The summed E-state index contributed by atoms with van der Waals surface area (Å²) >= 11 is 0. The van der Waals surface area contributed by atoms with Crippen LogP contribution in [0.5, 0.6) is 0 Å². The molecule has 0 bridgehead atoms. The van der Waals surface area contributed by atoms with Crippen LogP contribution in [-0.2, 0) is 54.4 Å². The van der Waals surface area contributed by atoms with E-state index in [2.05, 4.69) is 57.5 Å². The van der Waals surface area contributed by atoms with Crippen molar-refractivity contribution in [3.05, 3.63) is 72.5 Å². The number of aromatic nitrogens is 8. The van der Waals surface area contributed by atoms with Gasteiger partial charge in [0.1, 0.15) is 11.5 Å². The van der Waals surface area contributed by atoms with E-state index in [4.69, 9.17) is 5.73 Å². The average molecular weight is 942 g/mol. The minimum atomic E-state index is -0.631. The van der Waals surface area contributed by atoms with Gasteiger partial charge >= 0.3 is 0 Å². The Kier molecular flexibility index (Phi) is 18.3. The summed E-state index contributed by atoms with van der Waals surface area (Å²) in [5.41, 5.74) is 6.40. The number of unbranched alkanes of at least 4 members (excludes halogenated alkanes) is 4. The van der Waals surface area contributed by atoms with Crippen LogP contribution in [-0.4, -0.2) is 111 Å². The second-order valence-corrected chi connectivity index (χ2v) is 15.9. The molecule has 0 aromatic carbocycles. The van der Waals surface area contributed by atoms with Crippen molar-refractivity contribution in [1.82, 2.24) is 53.7 Å². The van der Waals surface area contributed by atoms with Gasteiger partial charge in [-0.3, -0.25) is 38.4 Å². The van der Waals surface area contributed by atoms with Crippen molar-refractivity contribution < 1.29 is 38.4 Å². The molecule has 0 aliphatic rings. The predicted molar refractivity (Wildman–Crippen MR) is 251 cm³/mol. The van der Waals surface area contributed by atoms with Crippen LogP contribution in [0.4, 0.5) is 28.8 Å². The van der Waals surface area contributed by atoms with Gasteiger partial charge in [0.15, 0.2) is 17.5 Å². The second kappa shape index (κ2) is 24.4. The van der Waals surface area contributed by atoms with Gasteiger partial charge in [0, 0.05) is 124 Å². The van der Waals surface area contributed by atoms with Crippen molar-refractivity contribution in [2.45, 2.75) is 57.8 Å². The summed E-state index contributed by atoms with van der Waals surface area (Å²) in [5, 5.41) is 21.5. The van der Waals surface area contributed by atoms with Crippen LogP contribution in [0.2, 0.25) is 0 Å². The number of aryl methyl sites for hydroxylation is 5. The third-order valence-corrected chi connectivity index (χ3v) is 10.3. The molecule has 0 aliphatic heterocycles. The van der Waals surface area contributed by atoms with Crippen molar-refractivity contribution in [3.8, 4) is 0 Å². The van der Waals surface area contributed by atoms with Crippen LogP contribution in [0.25, 0.3) is 0 Å². The molecule has 25 heteroatoms. The molecule has 0 unspecified atom stereocenters. The number of rotatable bonds is 25. The zero-order valence-electron chi connectivity index (χ0n) is 38.7. The zero-order chi connectivity index (χ0) is 49.3. The molecule has 0 radical (unpaired) electrons. The average Bonchev–Trinajstić information content (AvgIpc) is 4.12. The molecule has 0 saturated carbocycles. The highest BCUT2D eigenvalue weighted by Gasteiger charge is 2.21. The van der Waals surface area contributed by atoms with E-state index in [1.807, 2.05) is 0 Å². The Morgan fingerprint density at radius 1 is 0.485 bits per heavy atom. The molecule has 5 rings (SSSR count).